The number of rotatable bonds is 3. The number of benzene rings is 3. The number of hydrogen-bond donors (Lipinski definition) is 1. The van der Waals surface area contributed by atoms with Crippen molar-refractivity contribution in [1.82, 2.24) is 9.55 Å². The predicted molar refractivity (Wildman–Crippen MR) is 103 cm³/mol. The van der Waals surface area contributed by atoms with Crippen molar-refractivity contribution in [2.24, 2.45) is 10.7 Å². The molecule has 4 heteroatoms. The minimum absolute atomic E-state index is 0.626. The smallest absolute Gasteiger partial charge is 0.132 e. The Hall–Kier alpha value is -3.14. The van der Waals surface area contributed by atoms with E-state index in [0.717, 1.165) is 40.8 Å². The maximum Gasteiger partial charge on any atom is 0.132 e. The first kappa shape index (κ1) is 14.2. The Balaban J connectivity index is 1.91. The molecular formula is C21H18N4. The van der Waals surface area contributed by atoms with Gasteiger partial charge in [-0.3, -0.25) is 4.57 Å². The molecule has 5 rings (SSSR count). The lowest BCUT2D eigenvalue weighted by Crippen LogP contribution is -2.15. The Labute approximate surface area is 145 Å². The summed E-state index contributed by atoms with van der Waals surface area (Å²) in [6.07, 6.45) is 3.91. The van der Waals surface area contributed by atoms with Gasteiger partial charge in [-0.25, -0.2) is 9.98 Å². The molecular weight excluding hydrogens is 308 g/mol. The Morgan fingerprint density at radius 1 is 1.08 bits per heavy atom. The zero-order valence-corrected chi connectivity index (χ0v) is 14.0. The van der Waals surface area contributed by atoms with Crippen molar-refractivity contribution in [2.45, 2.75) is 19.8 Å². The van der Waals surface area contributed by atoms with Gasteiger partial charge in [-0.1, -0.05) is 37.6 Å². The van der Waals surface area contributed by atoms with Gasteiger partial charge in [0.1, 0.15) is 12.2 Å². The zero-order chi connectivity index (χ0) is 17.0. The van der Waals surface area contributed by atoms with Crippen LogP contribution in [0, 0.1) is 0 Å². The predicted octanol–water partition coefficient (Wildman–Crippen LogP) is 4.48. The Morgan fingerprint density at radius 3 is 2.84 bits per heavy atom. The number of nitrogens with two attached hydrogens (primary N) is 1. The third kappa shape index (κ3) is 1.94. The highest BCUT2D eigenvalue weighted by atomic mass is 15.1. The van der Waals surface area contributed by atoms with Crippen molar-refractivity contribution < 1.29 is 0 Å². The standard InChI is InChI=1S/C21H18N4/c1-2-6-14-18(25-12-23-15-8-3-4-10-17(15)25)11-13-7-5-9-16-19(13)20(14)21(22)24-16/h3-5,7-12H,2,6H2,1H3,(H2,22,24). The third-order valence-electron chi connectivity index (χ3n) is 4.94. The van der Waals surface area contributed by atoms with Gasteiger partial charge >= 0.3 is 0 Å². The van der Waals surface area contributed by atoms with E-state index in [4.69, 9.17) is 5.73 Å². The van der Waals surface area contributed by atoms with Crippen LogP contribution >= 0.6 is 0 Å². The third-order valence-corrected chi connectivity index (χ3v) is 4.94. The molecule has 0 aliphatic carbocycles. The van der Waals surface area contributed by atoms with Gasteiger partial charge in [0.05, 0.1) is 22.4 Å². The van der Waals surface area contributed by atoms with Crippen LogP contribution in [0.2, 0.25) is 0 Å². The first-order chi connectivity index (χ1) is 12.3. The Kier molecular flexibility index (Phi) is 2.95. The van der Waals surface area contributed by atoms with E-state index in [1.165, 1.54) is 16.3 Å². The molecule has 0 radical (unpaired) electrons. The topological polar surface area (TPSA) is 56.2 Å². The summed E-state index contributed by atoms with van der Waals surface area (Å²) in [5.41, 5.74) is 12.9. The molecule has 0 atom stereocenters. The number of aliphatic imine (C=N–C) groups is 1. The fraction of sp³-hybridized carbons (Fsp3) is 0.143. The summed E-state index contributed by atoms with van der Waals surface area (Å²) in [6, 6.07) is 16.7. The summed E-state index contributed by atoms with van der Waals surface area (Å²) < 4.78 is 2.18. The summed E-state index contributed by atoms with van der Waals surface area (Å²) in [6.45, 7) is 2.20. The van der Waals surface area contributed by atoms with Crippen LogP contribution in [0.5, 0.6) is 0 Å². The molecule has 1 aromatic heterocycles. The van der Waals surface area contributed by atoms with Crippen molar-refractivity contribution in [3.05, 3.63) is 66.0 Å². The van der Waals surface area contributed by atoms with Gasteiger partial charge in [0, 0.05) is 10.9 Å². The monoisotopic (exact) mass is 326 g/mol. The van der Waals surface area contributed by atoms with Crippen LogP contribution in [0.1, 0.15) is 24.5 Å². The fourth-order valence-corrected chi connectivity index (χ4v) is 3.89. The Bertz CT molecular complexity index is 1170. The van der Waals surface area contributed by atoms with E-state index in [-0.39, 0.29) is 0 Å². The lowest BCUT2D eigenvalue weighted by atomic mass is 9.94. The van der Waals surface area contributed by atoms with Gasteiger partial charge in [0.25, 0.3) is 0 Å². The Morgan fingerprint density at radius 2 is 1.96 bits per heavy atom. The number of para-hydroxylation sites is 2. The fourth-order valence-electron chi connectivity index (χ4n) is 3.89. The second-order valence-electron chi connectivity index (χ2n) is 6.47. The highest BCUT2D eigenvalue weighted by molar-refractivity contribution is 6.20. The first-order valence-electron chi connectivity index (χ1n) is 8.63. The molecule has 25 heavy (non-hydrogen) atoms. The van der Waals surface area contributed by atoms with Gasteiger partial charge in [-0.2, -0.15) is 0 Å². The molecule has 4 aromatic rings. The molecule has 0 amide bonds. The van der Waals surface area contributed by atoms with Crippen molar-refractivity contribution in [3.63, 3.8) is 0 Å². The summed E-state index contributed by atoms with van der Waals surface area (Å²) in [4.78, 5) is 9.16. The number of hydrogen-bond acceptors (Lipinski definition) is 3. The van der Waals surface area contributed by atoms with Crippen LogP contribution in [-0.2, 0) is 6.42 Å². The van der Waals surface area contributed by atoms with E-state index in [0.29, 0.717) is 5.84 Å². The van der Waals surface area contributed by atoms with Crippen molar-refractivity contribution >= 4 is 33.3 Å². The van der Waals surface area contributed by atoms with Crippen LogP contribution in [0.3, 0.4) is 0 Å². The van der Waals surface area contributed by atoms with Crippen LogP contribution < -0.4 is 5.73 Å². The van der Waals surface area contributed by atoms with Crippen LogP contribution in [-0.4, -0.2) is 15.4 Å². The lowest BCUT2D eigenvalue weighted by molar-refractivity contribution is 0.903. The minimum Gasteiger partial charge on any atom is -0.383 e. The number of fused-ring (bicyclic) bond motifs is 1. The molecule has 2 N–H and O–H groups in total. The average molecular weight is 326 g/mol. The number of aromatic nitrogens is 2. The quantitative estimate of drug-likeness (QED) is 0.603. The highest BCUT2D eigenvalue weighted by Gasteiger charge is 2.23. The van der Waals surface area contributed by atoms with E-state index in [1.54, 1.807) is 0 Å². The van der Waals surface area contributed by atoms with Crippen molar-refractivity contribution in [2.75, 3.05) is 0 Å². The van der Waals surface area contributed by atoms with E-state index in [2.05, 4.69) is 39.7 Å². The molecule has 122 valence electrons. The number of amidine groups is 1. The van der Waals surface area contributed by atoms with Gasteiger partial charge in [0.2, 0.25) is 0 Å². The molecule has 0 saturated heterocycles. The van der Waals surface area contributed by atoms with Gasteiger partial charge in [-0.15, -0.1) is 0 Å². The van der Waals surface area contributed by atoms with Crippen molar-refractivity contribution in [3.8, 4) is 5.69 Å². The number of nitrogens with zero attached hydrogens (tertiary/aromatic N) is 3. The lowest BCUT2D eigenvalue weighted by Gasteiger charge is -2.16. The minimum atomic E-state index is 0.626. The largest absolute Gasteiger partial charge is 0.383 e. The SMILES string of the molecule is CCCc1c(-n2cnc3ccccc32)cc2cccc3c2c1C(N)=N3. The molecule has 0 bridgehead atoms. The molecule has 1 aliphatic heterocycles. The second-order valence-corrected chi connectivity index (χ2v) is 6.47. The summed E-state index contributed by atoms with van der Waals surface area (Å²) in [5, 5.41) is 2.35. The van der Waals surface area contributed by atoms with Gasteiger partial charge in [-0.05, 0) is 41.6 Å². The van der Waals surface area contributed by atoms with Gasteiger partial charge in [0.15, 0.2) is 0 Å². The molecule has 1 aliphatic rings. The molecule has 0 unspecified atom stereocenters. The van der Waals surface area contributed by atoms with Crippen LogP contribution in [0.25, 0.3) is 27.5 Å². The molecule has 4 nitrogen and oxygen atoms in total. The van der Waals surface area contributed by atoms with Gasteiger partial charge < -0.3 is 5.73 Å². The maximum atomic E-state index is 6.33. The van der Waals surface area contributed by atoms with E-state index in [9.17, 15) is 0 Å². The van der Waals surface area contributed by atoms with Crippen LogP contribution in [0.4, 0.5) is 5.69 Å². The molecule has 3 aromatic carbocycles. The number of imidazole rings is 1. The van der Waals surface area contributed by atoms with E-state index in [1.807, 2.05) is 36.7 Å². The zero-order valence-electron chi connectivity index (χ0n) is 14.0. The highest BCUT2D eigenvalue weighted by Crippen LogP contribution is 2.39. The van der Waals surface area contributed by atoms with Crippen molar-refractivity contribution in [1.29, 1.82) is 0 Å². The molecule has 0 fully saturated rings. The molecule has 0 saturated carbocycles. The summed E-state index contributed by atoms with van der Waals surface area (Å²) in [5.74, 6) is 0.626. The normalized spacial score (nSPS) is 12.9. The van der Waals surface area contributed by atoms with E-state index < -0.39 is 0 Å². The second kappa shape index (κ2) is 5.18. The first-order valence-corrected chi connectivity index (χ1v) is 8.63. The van der Waals surface area contributed by atoms with E-state index >= 15 is 0 Å². The average Bonchev–Trinajstić information content (AvgIpc) is 3.19. The maximum absolute atomic E-state index is 6.33. The summed E-state index contributed by atoms with van der Waals surface area (Å²) >= 11 is 0. The van der Waals surface area contributed by atoms with Crippen LogP contribution in [0.15, 0.2) is 59.9 Å². The molecule has 2 heterocycles. The summed E-state index contributed by atoms with van der Waals surface area (Å²) in [7, 11) is 0. The molecule has 0 spiro atoms.